The number of rotatable bonds is 5. The highest BCUT2D eigenvalue weighted by Gasteiger charge is 2.35. The smallest absolute Gasteiger partial charge is 0.226 e. The number of hydrogen-bond donors (Lipinski definition) is 0. The molecular weight excluding hydrogens is 234 g/mol. The molecule has 0 saturated heterocycles. The molecule has 19 heavy (non-hydrogen) atoms. The summed E-state index contributed by atoms with van der Waals surface area (Å²) in [5.41, 5.74) is 2.73. The number of amides is 1. The molecule has 2 heteroatoms. The summed E-state index contributed by atoms with van der Waals surface area (Å²) in [6, 6.07) is 8.51. The monoisotopic (exact) mass is 259 g/mol. The topological polar surface area (TPSA) is 20.3 Å². The van der Waals surface area contributed by atoms with E-state index in [9.17, 15) is 4.79 Å². The Hall–Kier alpha value is -1.31. The van der Waals surface area contributed by atoms with Gasteiger partial charge in [0.15, 0.2) is 0 Å². The second-order valence-electron chi connectivity index (χ2n) is 5.62. The van der Waals surface area contributed by atoms with Crippen LogP contribution in [-0.4, -0.2) is 23.9 Å². The minimum atomic E-state index is 0.149. The number of carbonyl (C=O) groups is 1. The normalized spacial score (nSPS) is 21.2. The highest BCUT2D eigenvalue weighted by Crippen LogP contribution is 2.38. The molecule has 1 aromatic rings. The van der Waals surface area contributed by atoms with Crippen LogP contribution in [0.25, 0.3) is 0 Å². The van der Waals surface area contributed by atoms with Gasteiger partial charge in [-0.25, -0.2) is 0 Å². The van der Waals surface area contributed by atoms with Gasteiger partial charge in [-0.1, -0.05) is 45.0 Å². The van der Waals surface area contributed by atoms with Crippen LogP contribution in [0.2, 0.25) is 0 Å². The molecule has 0 fully saturated rings. The Morgan fingerprint density at radius 2 is 1.84 bits per heavy atom. The zero-order valence-electron chi connectivity index (χ0n) is 12.4. The maximum Gasteiger partial charge on any atom is 0.226 e. The fourth-order valence-electron chi connectivity index (χ4n) is 3.20. The lowest BCUT2D eigenvalue weighted by atomic mass is 9.93. The molecule has 0 saturated carbocycles. The largest absolute Gasteiger partial charge is 0.342 e. The predicted octanol–water partition coefficient (Wildman–Crippen LogP) is 3.61. The first-order valence-electron chi connectivity index (χ1n) is 7.55. The number of hydrogen-bond acceptors (Lipinski definition) is 1. The van der Waals surface area contributed by atoms with Crippen LogP contribution in [0.4, 0.5) is 0 Å². The van der Waals surface area contributed by atoms with E-state index in [1.807, 2.05) is 0 Å². The lowest BCUT2D eigenvalue weighted by Gasteiger charge is -2.27. The average Bonchev–Trinajstić information content (AvgIpc) is 2.76. The van der Waals surface area contributed by atoms with Crippen LogP contribution in [0.1, 0.15) is 50.7 Å². The Morgan fingerprint density at radius 3 is 2.42 bits per heavy atom. The van der Waals surface area contributed by atoms with Crippen LogP contribution in [-0.2, 0) is 11.2 Å². The van der Waals surface area contributed by atoms with Crippen molar-refractivity contribution in [1.82, 2.24) is 4.90 Å². The number of benzene rings is 1. The molecule has 1 aliphatic rings. The van der Waals surface area contributed by atoms with Gasteiger partial charge in [0, 0.05) is 19.0 Å². The van der Waals surface area contributed by atoms with Crippen LogP contribution in [0.3, 0.4) is 0 Å². The van der Waals surface area contributed by atoms with E-state index in [1.54, 1.807) is 0 Å². The Bertz CT molecular complexity index is 435. The first-order chi connectivity index (χ1) is 9.19. The van der Waals surface area contributed by atoms with Crippen LogP contribution in [0.15, 0.2) is 24.3 Å². The van der Waals surface area contributed by atoms with Crippen LogP contribution in [0, 0.1) is 5.92 Å². The molecule has 0 unspecified atom stereocenters. The number of carbonyl (C=O) groups excluding carboxylic acids is 1. The van der Waals surface area contributed by atoms with Crippen LogP contribution in [0.5, 0.6) is 0 Å². The van der Waals surface area contributed by atoms with E-state index >= 15 is 0 Å². The minimum Gasteiger partial charge on any atom is -0.342 e. The van der Waals surface area contributed by atoms with E-state index < -0.39 is 0 Å². The molecule has 0 aliphatic heterocycles. The molecule has 2 atom stereocenters. The van der Waals surface area contributed by atoms with E-state index in [2.05, 4.69) is 49.9 Å². The zero-order valence-corrected chi connectivity index (χ0v) is 12.4. The van der Waals surface area contributed by atoms with Gasteiger partial charge >= 0.3 is 0 Å². The van der Waals surface area contributed by atoms with Gasteiger partial charge < -0.3 is 4.90 Å². The van der Waals surface area contributed by atoms with Crippen molar-refractivity contribution in [3.8, 4) is 0 Å². The van der Waals surface area contributed by atoms with Crippen molar-refractivity contribution in [3.63, 3.8) is 0 Å². The third-order valence-corrected chi connectivity index (χ3v) is 4.20. The molecule has 104 valence electrons. The van der Waals surface area contributed by atoms with Gasteiger partial charge in [-0.05, 0) is 36.3 Å². The predicted molar refractivity (Wildman–Crippen MR) is 79.2 cm³/mol. The highest BCUT2D eigenvalue weighted by molar-refractivity contribution is 5.81. The summed E-state index contributed by atoms with van der Waals surface area (Å²) < 4.78 is 0. The van der Waals surface area contributed by atoms with E-state index in [0.717, 1.165) is 32.4 Å². The maximum absolute atomic E-state index is 12.7. The van der Waals surface area contributed by atoms with Gasteiger partial charge in [-0.3, -0.25) is 4.79 Å². The van der Waals surface area contributed by atoms with Crippen LogP contribution >= 0.6 is 0 Å². The van der Waals surface area contributed by atoms with Crippen molar-refractivity contribution in [2.75, 3.05) is 13.1 Å². The van der Waals surface area contributed by atoms with Gasteiger partial charge in [0.05, 0.1) is 0 Å². The third-order valence-electron chi connectivity index (χ3n) is 4.20. The third kappa shape index (κ3) is 2.83. The zero-order chi connectivity index (χ0) is 13.8. The van der Waals surface area contributed by atoms with Crippen molar-refractivity contribution < 1.29 is 4.79 Å². The molecule has 0 N–H and O–H groups in total. The number of nitrogens with zero attached hydrogens (tertiary/aromatic N) is 1. The van der Waals surface area contributed by atoms with Crippen molar-refractivity contribution >= 4 is 5.91 Å². The highest BCUT2D eigenvalue weighted by atomic mass is 16.2. The Balaban J connectivity index is 2.13. The van der Waals surface area contributed by atoms with E-state index in [-0.39, 0.29) is 5.92 Å². The Kier molecular flexibility index (Phi) is 4.62. The fraction of sp³-hybridized carbons (Fsp3) is 0.588. The summed E-state index contributed by atoms with van der Waals surface area (Å²) in [5.74, 6) is 0.864. The Morgan fingerprint density at radius 1 is 1.21 bits per heavy atom. The summed E-state index contributed by atoms with van der Waals surface area (Å²) in [5, 5.41) is 0. The molecule has 0 bridgehead atoms. The van der Waals surface area contributed by atoms with Gasteiger partial charge in [0.2, 0.25) is 5.91 Å². The summed E-state index contributed by atoms with van der Waals surface area (Å²) in [6.07, 6.45) is 3.00. The molecule has 1 amide bonds. The molecule has 2 rings (SSSR count). The molecule has 0 radical (unpaired) electrons. The van der Waals surface area contributed by atoms with Gasteiger partial charge in [-0.2, -0.15) is 0 Å². The van der Waals surface area contributed by atoms with Gasteiger partial charge in [-0.15, -0.1) is 0 Å². The van der Waals surface area contributed by atoms with Crippen molar-refractivity contribution in [3.05, 3.63) is 35.4 Å². The van der Waals surface area contributed by atoms with E-state index in [1.165, 1.54) is 11.1 Å². The Labute approximate surface area is 116 Å². The molecule has 0 aromatic heterocycles. The van der Waals surface area contributed by atoms with Gasteiger partial charge in [0.25, 0.3) is 0 Å². The van der Waals surface area contributed by atoms with Crippen molar-refractivity contribution in [2.45, 2.75) is 46.0 Å². The molecule has 2 nitrogen and oxygen atoms in total. The lowest BCUT2D eigenvalue weighted by molar-refractivity contribution is -0.136. The molecule has 1 aromatic carbocycles. The summed E-state index contributed by atoms with van der Waals surface area (Å²) >= 11 is 0. The molecule has 0 heterocycles. The summed E-state index contributed by atoms with van der Waals surface area (Å²) in [7, 11) is 0. The van der Waals surface area contributed by atoms with E-state index in [0.29, 0.717) is 11.8 Å². The van der Waals surface area contributed by atoms with Crippen molar-refractivity contribution in [1.29, 1.82) is 0 Å². The minimum absolute atomic E-state index is 0.149. The summed E-state index contributed by atoms with van der Waals surface area (Å²) in [6.45, 7) is 8.27. The second kappa shape index (κ2) is 6.23. The van der Waals surface area contributed by atoms with E-state index in [4.69, 9.17) is 0 Å². The quantitative estimate of drug-likeness (QED) is 0.791. The molecule has 0 spiro atoms. The van der Waals surface area contributed by atoms with Crippen molar-refractivity contribution in [2.24, 2.45) is 5.92 Å². The first-order valence-corrected chi connectivity index (χ1v) is 7.55. The lowest BCUT2D eigenvalue weighted by Crippen LogP contribution is -2.38. The fourth-order valence-corrected chi connectivity index (χ4v) is 3.20. The first kappa shape index (κ1) is 14.1. The average molecular weight is 259 g/mol. The summed E-state index contributed by atoms with van der Waals surface area (Å²) in [4.78, 5) is 14.8. The van der Waals surface area contributed by atoms with Gasteiger partial charge in [0.1, 0.15) is 0 Å². The van der Waals surface area contributed by atoms with Crippen LogP contribution < -0.4 is 0 Å². The molecular formula is C17H25NO. The second-order valence-corrected chi connectivity index (χ2v) is 5.62. The maximum atomic E-state index is 12.7. The SMILES string of the molecule is CCCN(CCC)C(=O)[C@H]1Cc2ccccc2[C@H]1C. The molecule has 1 aliphatic carbocycles. The standard InChI is InChI=1S/C17H25NO/c1-4-10-18(11-5-2)17(19)16-12-14-8-6-7-9-15(14)13(16)3/h6-9,13,16H,4-5,10-12H2,1-3H3/t13-,16+/m1/s1. The number of fused-ring (bicyclic) bond motifs is 1.